The molecule has 2 aromatic heterocycles. The molecular weight excluding hydrogens is 312 g/mol. The summed E-state index contributed by atoms with van der Waals surface area (Å²) < 4.78 is 8.46. The molecule has 0 amide bonds. The highest BCUT2D eigenvalue weighted by molar-refractivity contribution is 7.98. The SMILES string of the molecule is COc1cc(Cn2ncc3c(C)nn(C)c3c2=O)ccc1SC. The van der Waals surface area contributed by atoms with Gasteiger partial charge in [0, 0.05) is 17.3 Å². The normalized spacial score (nSPS) is 11.1. The third-order valence-electron chi connectivity index (χ3n) is 3.81. The minimum Gasteiger partial charge on any atom is -0.496 e. The molecule has 1 aromatic carbocycles. The van der Waals surface area contributed by atoms with Crippen molar-refractivity contribution in [3.63, 3.8) is 0 Å². The number of fused-ring (bicyclic) bond motifs is 1. The Balaban J connectivity index is 2.04. The average molecular weight is 330 g/mol. The zero-order valence-electron chi connectivity index (χ0n) is 13.5. The van der Waals surface area contributed by atoms with Crippen molar-refractivity contribution in [2.45, 2.75) is 18.4 Å². The van der Waals surface area contributed by atoms with Gasteiger partial charge in [-0.05, 0) is 30.9 Å². The molecule has 0 saturated heterocycles. The molecule has 0 bridgehead atoms. The van der Waals surface area contributed by atoms with E-state index in [1.165, 1.54) is 4.68 Å². The number of ether oxygens (including phenoxy) is 1. The van der Waals surface area contributed by atoms with Crippen molar-refractivity contribution in [3.05, 3.63) is 46.0 Å². The summed E-state index contributed by atoms with van der Waals surface area (Å²) in [4.78, 5) is 13.7. The van der Waals surface area contributed by atoms with Crippen LogP contribution in [0.1, 0.15) is 11.3 Å². The average Bonchev–Trinajstić information content (AvgIpc) is 2.84. The summed E-state index contributed by atoms with van der Waals surface area (Å²) in [6, 6.07) is 5.93. The van der Waals surface area contributed by atoms with E-state index in [9.17, 15) is 4.79 Å². The Morgan fingerprint density at radius 1 is 1.35 bits per heavy atom. The fourth-order valence-electron chi connectivity index (χ4n) is 2.65. The number of hydrogen-bond donors (Lipinski definition) is 0. The fourth-order valence-corrected chi connectivity index (χ4v) is 3.20. The molecule has 0 radical (unpaired) electrons. The Hall–Kier alpha value is -2.28. The van der Waals surface area contributed by atoms with Gasteiger partial charge >= 0.3 is 0 Å². The Labute approximate surface area is 138 Å². The lowest BCUT2D eigenvalue weighted by atomic mass is 10.2. The van der Waals surface area contributed by atoms with E-state index in [1.54, 1.807) is 36.8 Å². The van der Waals surface area contributed by atoms with Crippen molar-refractivity contribution in [2.24, 2.45) is 7.05 Å². The van der Waals surface area contributed by atoms with Crippen LogP contribution in [0.4, 0.5) is 0 Å². The van der Waals surface area contributed by atoms with E-state index in [0.29, 0.717) is 12.1 Å². The molecule has 2 heterocycles. The highest BCUT2D eigenvalue weighted by atomic mass is 32.2. The molecule has 23 heavy (non-hydrogen) atoms. The van der Waals surface area contributed by atoms with Gasteiger partial charge in [-0.25, -0.2) is 4.68 Å². The largest absolute Gasteiger partial charge is 0.496 e. The summed E-state index contributed by atoms with van der Waals surface area (Å²) in [5, 5.41) is 9.36. The van der Waals surface area contributed by atoms with E-state index in [2.05, 4.69) is 10.2 Å². The van der Waals surface area contributed by atoms with Gasteiger partial charge in [-0.15, -0.1) is 11.8 Å². The summed E-state index contributed by atoms with van der Waals surface area (Å²) in [5.41, 5.74) is 2.21. The maximum absolute atomic E-state index is 12.6. The van der Waals surface area contributed by atoms with E-state index in [1.807, 2.05) is 31.4 Å². The van der Waals surface area contributed by atoms with Gasteiger partial charge in [0.1, 0.15) is 11.3 Å². The molecule has 0 aliphatic rings. The number of nitrogens with zero attached hydrogens (tertiary/aromatic N) is 4. The monoisotopic (exact) mass is 330 g/mol. The quantitative estimate of drug-likeness (QED) is 0.687. The fraction of sp³-hybridized carbons (Fsp3) is 0.312. The van der Waals surface area contributed by atoms with Crippen LogP contribution in [-0.4, -0.2) is 32.9 Å². The number of hydrogen-bond acceptors (Lipinski definition) is 5. The van der Waals surface area contributed by atoms with Crippen LogP contribution in [0, 0.1) is 6.92 Å². The highest BCUT2D eigenvalue weighted by Gasteiger charge is 2.12. The molecule has 0 atom stereocenters. The first-order chi connectivity index (χ1) is 11.0. The van der Waals surface area contributed by atoms with Crippen LogP contribution < -0.4 is 10.3 Å². The predicted molar refractivity (Wildman–Crippen MR) is 91.4 cm³/mol. The summed E-state index contributed by atoms with van der Waals surface area (Å²) in [5.74, 6) is 0.806. The summed E-state index contributed by atoms with van der Waals surface area (Å²) in [7, 11) is 3.42. The Kier molecular flexibility index (Phi) is 4.12. The molecule has 0 aliphatic heterocycles. The van der Waals surface area contributed by atoms with Crippen molar-refractivity contribution in [1.29, 1.82) is 0 Å². The summed E-state index contributed by atoms with van der Waals surface area (Å²) >= 11 is 1.62. The molecular formula is C16H18N4O2S. The first-order valence-electron chi connectivity index (χ1n) is 7.15. The molecule has 0 fully saturated rings. The second-order valence-electron chi connectivity index (χ2n) is 5.27. The summed E-state index contributed by atoms with van der Waals surface area (Å²) in [6.45, 7) is 2.27. The van der Waals surface area contributed by atoms with Crippen LogP contribution >= 0.6 is 11.8 Å². The van der Waals surface area contributed by atoms with Crippen LogP contribution in [0.15, 0.2) is 34.1 Å². The Morgan fingerprint density at radius 3 is 2.83 bits per heavy atom. The van der Waals surface area contributed by atoms with Crippen LogP contribution in [0.2, 0.25) is 0 Å². The zero-order valence-corrected chi connectivity index (χ0v) is 14.3. The minimum absolute atomic E-state index is 0.140. The van der Waals surface area contributed by atoms with Gasteiger partial charge in [-0.2, -0.15) is 10.2 Å². The Bertz CT molecular complexity index is 930. The van der Waals surface area contributed by atoms with Crippen molar-refractivity contribution < 1.29 is 4.74 Å². The number of aryl methyl sites for hydroxylation is 2. The van der Waals surface area contributed by atoms with Crippen LogP contribution in [0.5, 0.6) is 5.75 Å². The standard InChI is InChI=1S/C16H18N4O2S/c1-10-12-8-17-20(16(21)15(12)19(2)18-10)9-11-5-6-14(23-4)13(7-11)22-3/h5-8H,9H2,1-4H3. The Morgan fingerprint density at radius 2 is 2.13 bits per heavy atom. The first kappa shape index (κ1) is 15.6. The van der Waals surface area contributed by atoms with Crippen LogP contribution in [-0.2, 0) is 13.6 Å². The van der Waals surface area contributed by atoms with E-state index in [0.717, 1.165) is 27.3 Å². The molecule has 0 unspecified atom stereocenters. The lowest BCUT2D eigenvalue weighted by Gasteiger charge is -2.10. The van der Waals surface area contributed by atoms with E-state index in [4.69, 9.17) is 4.74 Å². The van der Waals surface area contributed by atoms with Gasteiger partial charge in [-0.1, -0.05) is 6.07 Å². The maximum Gasteiger partial charge on any atom is 0.293 e. The lowest BCUT2D eigenvalue weighted by molar-refractivity contribution is 0.404. The number of aromatic nitrogens is 4. The molecule has 0 aliphatic carbocycles. The maximum atomic E-state index is 12.6. The van der Waals surface area contributed by atoms with Gasteiger partial charge < -0.3 is 4.74 Å². The van der Waals surface area contributed by atoms with Crippen LogP contribution in [0.25, 0.3) is 10.9 Å². The molecule has 3 rings (SSSR count). The smallest absolute Gasteiger partial charge is 0.293 e. The van der Waals surface area contributed by atoms with Crippen molar-refractivity contribution >= 4 is 22.7 Å². The van der Waals surface area contributed by atoms with E-state index < -0.39 is 0 Å². The second kappa shape index (κ2) is 6.08. The predicted octanol–water partition coefficient (Wildman–Crippen LogP) is 2.22. The third kappa shape index (κ3) is 2.72. The lowest BCUT2D eigenvalue weighted by Crippen LogP contribution is -2.24. The number of thioether (sulfide) groups is 1. The van der Waals surface area contributed by atoms with E-state index in [-0.39, 0.29) is 5.56 Å². The van der Waals surface area contributed by atoms with Crippen molar-refractivity contribution in [3.8, 4) is 5.75 Å². The van der Waals surface area contributed by atoms with Gasteiger partial charge in [0.2, 0.25) is 0 Å². The third-order valence-corrected chi connectivity index (χ3v) is 4.59. The number of benzene rings is 1. The molecule has 7 heteroatoms. The zero-order chi connectivity index (χ0) is 16.6. The molecule has 0 spiro atoms. The molecule has 6 nitrogen and oxygen atoms in total. The number of rotatable bonds is 4. The van der Waals surface area contributed by atoms with E-state index >= 15 is 0 Å². The van der Waals surface area contributed by atoms with Crippen molar-refractivity contribution in [2.75, 3.05) is 13.4 Å². The molecule has 120 valence electrons. The van der Waals surface area contributed by atoms with Gasteiger partial charge in [0.05, 0.1) is 25.5 Å². The second-order valence-corrected chi connectivity index (χ2v) is 6.12. The summed E-state index contributed by atoms with van der Waals surface area (Å²) in [6.07, 6.45) is 3.70. The molecule has 0 N–H and O–H groups in total. The topological polar surface area (TPSA) is 61.9 Å². The first-order valence-corrected chi connectivity index (χ1v) is 8.38. The van der Waals surface area contributed by atoms with Gasteiger partial charge in [-0.3, -0.25) is 9.48 Å². The number of methoxy groups -OCH3 is 1. The minimum atomic E-state index is -0.140. The van der Waals surface area contributed by atoms with Gasteiger partial charge in [0.15, 0.2) is 0 Å². The molecule has 0 saturated carbocycles. The highest BCUT2D eigenvalue weighted by Crippen LogP contribution is 2.28. The van der Waals surface area contributed by atoms with Crippen molar-refractivity contribution in [1.82, 2.24) is 19.6 Å². The van der Waals surface area contributed by atoms with Gasteiger partial charge in [0.25, 0.3) is 5.56 Å². The van der Waals surface area contributed by atoms with Crippen LogP contribution in [0.3, 0.4) is 0 Å². The molecule has 3 aromatic rings.